The SMILES string of the molecule is COCOc1cc(Oc2nc3nc(OCC45CCCN4CCC5)nc(N4CC5CCC(C4)N5C(=O)OC(C)(C)C)c3n2C)c2c(C#C[Si](C(C)C)(C(C)C)C(C)C)c(F)ccc2c1.[H-].[Na+]. The summed E-state index contributed by atoms with van der Waals surface area (Å²) < 4.78 is 48.6. The van der Waals surface area contributed by atoms with Crippen LogP contribution in [-0.4, -0.2) is 113 Å². The number of anilines is 1. The van der Waals surface area contributed by atoms with Gasteiger partial charge in [-0.05, 0) is 107 Å². The number of nitrogens with zero attached hydrogens (tertiary/aromatic N) is 7. The molecule has 2 atom stereocenters. The number of fused-ring (bicyclic) bond motifs is 5. The molecule has 8 rings (SSSR count). The minimum absolute atomic E-state index is 0. The molecule has 64 heavy (non-hydrogen) atoms. The number of imidazole rings is 1. The summed E-state index contributed by atoms with van der Waals surface area (Å²) in [4.78, 5) is 35.3. The number of hydrogen-bond donors (Lipinski definition) is 0. The summed E-state index contributed by atoms with van der Waals surface area (Å²) >= 11 is 0. The van der Waals surface area contributed by atoms with E-state index in [1.165, 1.54) is 6.07 Å². The van der Waals surface area contributed by atoms with E-state index in [1.807, 2.05) is 43.4 Å². The molecule has 1 amide bonds. The fourth-order valence-corrected chi connectivity index (χ4v) is 16.5. The summed E-state index contributed by atoms with van der Waals surface area (Å²) in [5.74, 6) is 4.46. The van der Waals surface area contributed by atoms with Crippen molar-refractivity contribution in [2.45, 2.75) is 141 Å². The predicted molar refractivity (Wildman–Crippen MR) is 247 cm³/mol. The largest absolute Gasteiger partial charge is 1.00 e. The second-order valence-corrected chi connectivity index (χ2v) is 25.7. The van der Waals surface area contributed by atoms with Gasteiger partial charge in [0.15, 0.2) is 18.3 Å². The zero-order chi connectivity index (χ0) is 45.0. The van der Waals surface area contributed by atoms with Gasteiger partial charge in [0.05, 0.1) is 23.2 Å². The maximum absolute atomic E-state index is 16.3. The van der Waals surface area contributed by atoms with E-state index in [0.717, 1.165) is 51.6 Å². The van der Waals surface area contributed by atoms with Crippen molar-refractivity contribution in [3.8, 4) is 35.0 Å². The van der Waals surface area contributed by atoms with Crippen LogP contribution >= 0.6 is 0 Å². The molecule has 342 valence electrons. The van der Waals surface area contributed by atoms with Crippen molar-refractivity contribution in [1.29, 1.82) is 0 Å². The van der Waals surface area contributed by atoms with Crippen LogP contribution in [-0.2, 0) is 16.5 Å². The van der Waals surface area contributed by atoms with E-state index in [-0.39, 0.29) is 79.1 Å². The normalized spacial score (nSPS) is 19.7. The monoisotopic (exact) mass is 907 g/mol. The van der Waals surface area contributed by atoms with Crippen LogP contribution in [0.3, 0.4) is 0 Å². The van der Waals surface area contributed by atoms with E-state index >= 15 is 4.39 Å². The Morgan fingerprint density at radius 1 is 0.969 bits per heavy atom. The fraction of sp³-hybridized carbons (Fsp3) is 0.625. The molecule has 4 saturated heterocycles. The fourth-order valence-electron chi connectivity index (χ4n) is 11.3. The number of carbonyl (C=O) groups is 1. The van der Waals surface area contributed by atoms with Gasteiger partial charge < -0.3 is 30.0 Å². The Labute approximate surface area is 402 Å². The van der Waals surface area contributed by atoms with Gasteiger partial charge >= 0.3 is 47.7 Å². The van der Waals surface area contributed by atoms with E-state index in [0.29, 0.717) is 75.6 Å². The molecule has 4 aromatic rings. The second kappa shape index (κ2) is 18.9. The van der Waals surface area contributed by atoms with Crippen LogP contribution in [0.1, 0.15) is 108 Å². The van der Waals surface area contributed by atoms with Gasteiger partial charge in [-0.2, -0.15) is 15.0 Å². The van der Waals surface area contributed by atoms with Crippen molar-refractivity contribution in [3.05, 3.63) is 35.6 Å². The maximum Gasteiger partial charge on any atom is 1.00 e. The van der Waals surface area contributed by atoms with Crippen LogP contribution in [0.25, 0.3) is 21.9 Å². The topological polar surface area (TPSA) is 117 Å². The standard InChI is InChI=1S/C48H66FN7O6Si.Na.H/c1-30(2)63(31(3)4,32(5)6)23-18-37-38(49)17-14-33-24-36(60-29-58-11)25-39(40(33)37)61-45-51-42-41(53(45)10)43(52-44(50-42)59-28-48-19-12-21-55(48)22-13-20-48)54-26-34-15-16-35(27-54)56(34)46(57)62-47(7,8)9;;/h14,17,24-25,30-32,34-35H,12-13,15-16,19-22,26-29H2,1-11H3;;/q;+1;-1. The zero-order valence-electron chi connectivity index (χ0n) is 41.1. The maximum atomic E-state index is 16.3. The van der Waals surface area contributed by atoms with Gasteiger partial charge in [0.25, 0.3) is 0 Å². The molecule has 13 nitrogen and oxygen atoms in total. The number of hydrogen-bond acceptors (Lipinski definition) is 11. The van der Waals surface area contributed by atoms with Crippen molar-refractivity contribution < 1.29 is 63.9 Å². The van der Waals surface area contributed by atoms with Gasteiger partial charge in [0, 0.05) is 38.7 Å². The summed E-state index contributed by atoms with van der Waals surface area (Å²) in [6.45, 7) is 23.0. The molecular weight excluding hydrogens is 841 g/mol. The first-order valence-corrected chi connectivity index (χ1v) is 25.2. The molecule has 2 aromatic carbocycles. The van der Waals surface area contributed by atoms with Crippen molar-refractivity contribution in [2.24, 2.45) is 7.05 Å². The molecule has 2 aromatic heterocycles. The number of halogens is 1. The number of methoxy groups -OCH3 is 1. The Hall–Kier alpha value is -3.65. The number of aromatic nitrogens is 4. The summed E-state index contributed by atoms with van der Waals surface area (Å²) in [5.41, 5.74) is 5.56. The van der Waals surface area contributed by atoms with Crippen molar-refractivity contribution in [2.75, 3.05) is 51.6 Å². The van der Waals surface area contributed by atoms with Crippen LogP contribution in [0.2, 0.25) is 16.6 Å². The van der Waals surface area contributed by atoms with E-state index in [9.17, 15) is 4.79 Å². The van der Waals surface area contributed by atoms with Gasteiger partial charge in [0.1, 0.15) is 43.1 Å². The Morgan fingerprint density at radius 2 is 1.62 bits per heavy atom. The van der Waals surface area contributed by atoms with Gasteiger partial charge in [-0.15, -0.1) is 5.54 Å². The molecule has 2 bridgehead atoms. The van der Waals surface area contributed by atoms with E-state index in [2.05, 4.69) is 62.8 Å². The van der Waals surface area contributed by atoms with Gasteiger partial charge in [0.2, 0.25) is 0 Å². The number of piperazine rings is 1. The summed E-state index contributed by atoms with van der Waals surface area (Å²) in [7, 11) is 1.20. The van der Waals surface area contributed by atoms with Crippen LogP contribution < -0.4 is 48.7 Å². The van der Waals surface area contributed by atoms with E-state index in [1.54, 1.807) is 19.2 Å². The minimum Gasteiger partial charge on any atom is -1.00 e. The molecule has 0 aliphatic carbocycles. The Kier molecular flexibility index (Phi) is 14.3. The molecule has 2 unspecified atom stereocenters. The van der Waals surface area contributed by atoms with Crippen molar-refractivity contribution in [3.63, 3.8) is 0 Å². The Bertz CT molecular complexity index is 2390. The van der Waals surface area contributed by atoms with Gasteiger partial charge in [-0.1, -0.05) is 53.5 Å². The molecule has 16 heteroatoms. The summed E-state index contributed by atoms with van der Waals surface area (Å²) in [6, 6.07) is 7.16. The van der Waals surface area contributed by atoms with E-state index < -0.39 is 19.5 Å². The molecule has 0 radical (unpaired) electrons. The third-order valence-electron chi connectivity index (χ3n) is 14.1. The predicted octanol–water partition coefficient (Wildman–Crippen LogP) is 6.71. The summed E-state index contributed by atoms with van der Waals surface area (Å²) in [6.07, 6.45) is 5.92. The van der Waals surface area contributed by atoms with Gasteiger partial charge in [-0.3, -0.25) is 14.4 Å². The number of aryl methyl sites for hydroxylation is 1. The number of carbonyl (C=O) groups excluding carboxylic acids is 1. The van der Waals surface area contributed by atoms with Crippen molar-refractivity contribution in [1.82, 2.24) is 29.3 Å². The van der Waals surface area contributed by atoms with Crippen LogP contribution in [0.5, 0.6) is 23.5 Å². The average molecular weight is 908 g/mol. The Morgan fingerprint density at radius 3 is 2.23 bits per heavy atom. The molecule has 4 aliphatic heterocycles. The molecule has 4 fully saturated rings. The van der Waals surface area contributed by atoms with Crippen LogP contribution in [0, 0.1) is 17.3 Å². The molecule has 0 N–H and O–H groups in total. The zero-order valence-corrected chi connectivity index (χ0v) is 43.1. The second-order valence-electron chi connectivity index (χ2n) is 20.1. The number of rotatable bonds is 12. The smallest absolute Gasteiger partial charge is 1.00 e. The van der Waals surface area contributed by atoms with Crippen LogP contribution in [0.4, 0.5) is 15.0 Å². The van der Waals surface area contributed by atoms with Crippen molar-refractivity contribution >= 4 is 41.9 Å². The first-order chi connectivity index (χ1) is 29.9. The average Bonchev–Trinajstić information content (AvgIpc) is 3.96. The first kappa shape index (κ1) is 48.3. The molecule has 6 heterocycles. The molecule has 0 spiro atoms. The first-order valence-electron chi connectivity index (χ1n) is 22.9. The third kappa shape index (κ3) is 9.08. The molecular formula is C48H67FN7NaO6Si. The molecule has 4 aliphatic rings. The van der Waals surface area contributed by atoms with Crippen LogP contribution in [0.15, 0.2) is 24.3 Å². The van der Waals surface area contributed by atoms with E-state index in [4.69, 9.17) is 38.6 Å². The Balaban J connectivity index is 0.00000350. The minimum atomic E-state index is -2.24. The number of benzene rings is 2. The third-order valence-corrected chi connectivity index (χ3v) is 20.4. The number of amides is 1. The summed E-state index contributed by atoms with van der Waals surface area (Å²) in [5, 5.41) is 1.23. The quantitative estimate of drug-likeness (QED) is 0.0859. The molecule has 0 saturated carbocycles. The van der Waals surface area contributed by atoms with Gasteiger partial charge in [-0.25, -0.2) is 9.18 Å². The number of ether oxygens (including phenoxy) is 5.